The Hall–Kier alpha value is -4.84. The molecule has 0 atom stereocenters. The summed E-state index contributed by atoms with van der Waals surface area (Å²) >= 11 is 0. The maximum atomic E-state index is 13.6. The summed E-state index contributed by atoms with van der Waals surface area (Å²) in [5.41, 5.74) is 3.28. The molecule has 0 aromatic heterocycles. The number of amidine groups is 1. The largest absolute Gasteiger partial charge is 0.289 e. The van der Waals surface area contributed by atoms with E-state index in [1.165, 1.54) is 0 Å². The van der Waals surface area contributed by atoms with Crippen LogP contribution >= 0.6 is 0 Å². The molecule has 0 bridgehead atoms. The van der Waals surface area contributed by atoms with Gasteiger partial charge in [-0.25, -0.2) is 0 Å². The molecule has 0 aliphatic carbocycles. The number of aryl methyl sites for hydroxylation is 3. The molecule has 0 saturated carbocycles. The van der Waals surface area contributed by atoms with Crippen LogP contribution in [0.2, 0.25) is 0 Å². The zero-order chi connectivity index (χ0) is 25.0. The van der Waals surface area contributed by atoms with Crippen LogP contribution in [0.25, 0.3) is 0 Å². The molecule has 3 aromatic carbocycles. The second kappa shape index (κ2) is 7.88. The highest BCUT2D eigenvalue weighted by molar-refractivity contribution is 6.18. The van der Waals surface area contributed by atoms with Crippen LogP contribution in [0, 0.1) is 41.0 Å². The third-order valence-electron chi connectivity index (χ3n) is 5.79. The van der Waals surface area contributed by atoms with E-state index in [2.05, 4.69) is 5.16 Å². The molecule has 5 rings (SSSR count). The van der Waals surface area contributed by atoms with Crippen molar-refractivity contribution in [1.29, 1.82) is 0 Å². The van der Waals surface area contributed by atoms with E-state index in [1.807, 2.05) is 32.9 Å². The summed E-state index contributed by atoms with van der Waals surface area (Å²) in [6.45, 7) is 5.89. The quantitative estimate of drug-likeness (QED) is 0.403. The predicted molar refractivity (Wildman–Crippen MR) is 126 cm³/mol. The molecule has 176 valence electrons. The van der Waals surface area contributed by atoms with Gasteiger partial charge in [0, 0.05) is 11.6 Å². The Balaban J connectivity index is 1.61. The summed E-state index contributed by atoms with van der Waals surface area (Å²) in [6.07, 6.45) is 0. The summed E-state index contributed by atoms with van der Waals surface area (Å²) in [5, 5.41) is 30.8. The van der Waals surface area contributed by atoms with Gasteiger partial charge in [0.15, 0.2) is 0 Å². The van der Waals surface area contributed by atoms with Crippen molar-refractivity contribution in [3.63, 3.8) is 0 Å². The van der Waals surface area contributed by atoms with Crippen molar-refractivity contribution in [2.75, 3.05) is 10.0 Å². The van der Waals surface area contributed by atoms with Crippen molar-refractivity contribution in [1.82, 2.24) is 5.28 Å². The summed E-state index contributed by atoms with van der Waals surface area (Å²) in [6, 6.07) is 13.8. The second-order valence-corrected chi connectivity index (χ2v) is 8.16. The van der Waals surface area contributed by atoms with Crippen LogP contribution in [0.15, 0.2) is 59.8 Å². The minimum absolute atomic E-state index is 0.336. The highest BCUT2D eigenvalue weighted by atomic mass is 16.9. The molecule has 35 heavy (non-hydrogen) atoms. The Morgan fingerprint density at radius 1 is 0.914 bits per heavy atom. The van der Waals surface area contributed by atoms with Crippen LogP contribution in [0.5, 0.6) is 0 Å². The predicted octanol–water partition coefficient (Wildman–Crippen LogP) is 4.33. The van der Waals surface area contributed by atoms with Crippen molar-refractivity contribution in [2.24, 2.45) is 5.16 Å². The number of benzene rings is 3. The molecular weight excluding hydrogens is 456 g/mol. The van der Waals surface area contributed by atoms with Gasteiger partial charge in [-0.15, -0.1) is 0 Å². The van der Waals surface area contributed by atoms with E-state index in [9.17, 15) is 25.0 Å². The number of rotatable bonds is 4. The number of oxime groups is 1. The lowest BCUT2D eigenvalue weighted by Crippen LogP contribution is -2.49. The Morgan fingerprint density at radius 3 is 2.20 bits per heavy atom. The van der Waals surface area contributed by atoms with Gasteiger partial charge in [-0.05, 0) is 55.3 Å². The van der Waals surface area contributed by atoms with Crippen LogP contribution in [-0.2, 0) is 4.94 Å². The standard InChI is InChI=1S/C23H18N6O6/c1-13-10-14(2)21(15(3)11-13)22-24-35-29-25(22)18-6-4-5-7-19(18)26(29)23(30)17-9-8-16(27(31)32)12-20(17)28(33)34/h4-12H,1-3H3. The number of fused-ring (bicyclic) bond motifs is 3. The maximum absolute atomic E-state index is 13.6. The molecule has 0 spiro atoms. The number of hydrogen-bond donors (Lipinski definition) is 0. The smallest absolute Gasteiger partial charge is 0.267 e. The number of non-ortho nitro benzene ring substituents is 1. The molecular formula is C23H18N6O6. The van der Waals surface area contributed by atoms with Crippen LogP contribution in [-0.4, -0.2) is 26.9 Å². The number of carbonyl (C=O) groups is 1. The molecule has 0 unspecified atom stereocenters. The molecule has 2 aliphatic heterocycles. The highest BCUT2D eigenvalue weighted by Gasteiger charge is 2.48. The lowest BCUT2D eigenvalue weighted by Gasteiger charge is -2.25. The fourth-order valence-electron chi connectivity index (χ4n) is 4.43. The van der Waals surface area contributed by atoms with Gasteiger partial charge in [0.2, 0.25) is 5.84 Å². The third kappa shape index (κ3) is 3.35. The third-order valence-corrected chi connectivity index (χ3v) is 5.79. The highest BCUT2D eigenvalue weighted by Crippen LogP contribution is 2.44. The van der Waals surface area contributed by atoms with E-state index in [4.69, 9.17) is 4.94 Å². The number of para-hydroxylation sites is 2. The van der Waals surface area contributed by atoms with Crippen molar-refractivity contribution < 1.29 is 19.6 Å². The minimum atomic E-state index is -0.828. The van der Waals surface area contributed by atoms with Crippen molar-refractivity contribution in [3.05, 3.63) is 103 Å². The van der Waals surface area contributed by atoms with Gasteiger partial charge in [-0.3, -0.25) is 30.0 Å². The van der Waals surface area contributed by atoms with Gasteiger partial charge in [-0.1, -0.05) is 29.8 Å². The van der Waals surface area contributed by atoms with Crippen molar-refractivity contribution in [3.8, 4) is 0 Å². The number of nitrogens with zero attached hydrogens (tertiary/aromatic N) is 6. The first-order chi connectivity index (χ1) is 16.7. The zero-order valence-electron chi connectivity index (χ0n) is 18.8. The number of anilines is 2. The summed E-state index contributed by atoms with van der Waals surface area (Å²) in [7, 11) is 0. The summed E-state index contributed by atoms with van der Waals surface area (Å²) in [4.78, 5) is 40.4. The van der Waals surface area contributed by atoms with Gasteiger partial charge in [0.05, 0.1) is 32.6 Å². The fourth-order valence-corrected chi connectivity index (χ4v) is 4.43. The number of nitro groups is 2. The molecule has 1 amide bonds. The number of hydrazine groups is 2. The molecule has 0 fully saturated rings. The SMILES string of the molecule is Cc1cc(C)c(C2=NON3N(C(=O)c4ccc([N+](=O)[O-])cc4[N+](=O)[O-])c4ccccc4N23)c(C)c1. The van der Waals surface area contributed by atoms with E-state index in [1.54, 1.807) is 29.3 Å². The van der Waals surface area contributed by atoms with E-state index in [0.717, 1.165) is 50.7 Å². The minimum Gasteiger partial charge on any atom is -0.267 e. The molecule has 0 saturated heterocycles. The number of nitro benzene ring substituents is 2. The zero-order valence-corrected chi connectivity index (χ0v) is 18.8. The van der Waals surface area contributed by atoms with E-state index >= 15 is 0 Å². The van der Waals surface area contributed by atoms with Gasteiger partial charge in [0.25, 0.3) is 17.3 Å². The van der Waals surface area contributed by atoms with Crippen LogP contribution in [0.4, 0.5) is 22.7 Å². The van der Waals surface area contributed by atoms with Crippen LogP contribution < -0.4 is 10.0 Å². The molecule has 2 heterocycles. The van der Waals surface area contributed by atoms with E-state index < -0.39 is 27.1 Å². The molecule has 12 heteroatoms. The Labute approximate surface area is 198 Å². The van der Waals surface area contributed by atoms with Gasteiger partial charge in [-0.2, -0.15) is 10.0 Å². The Kier molecular flexibility index (Phi) is 4.95. The topological polar surface area (TPSA) is 135 Å². The van der Waals surface area contributed by atoms with Gasteiger partial charge >= 0.3 is 0 Å². The van der Waals surface area contributed by atoms with E-state index in [0.29, 0.717) is 17.2 Å². The maximum Gasteiger partial charge on any atom is 0.289 e. The first-order valence-corrected chi connectivity index (χ1v) is 10.5. The normalized spacial score (nSPS) is 14.3. The molecule has 3 aromatic rings. The number of hydrogen-bond acceptors (Lipinski definition) is 9. The van der Waals surface area contributed by atoms with Crippen molar-refractivity contribution >= 4 is 34.5 Å². The second-order valence-electron chi connectivity index (χ2n) is 8.16. The van der Waals surface area contributed by atoms with Gasteiger partial charge < -0.3 is 0 Å². The lowest BCUT2D eigenvalue weighted by molar-refractivity contribution is -0.394. The van der Waals surface area contributed by atoms with Crippen LogP contribution in [0.3, 0.4) is 0 Å². The monoisotopic (exact) mass is 474 g/mol. The van der Waals surface area contributed by atoms with Crippen LogP contribution in [0.1, 0.15) is 32.6 Å². The van der Waals surface area contributed by atoms with Gasteiger partial charge in [0.1, 0.15) is 5.56 Å². The lowest BCUT2D eigenvalue weighted by atomic mass is 9.98. The molecule has 2 aliphatic rings. The Morgan fingerprint density at radius 2 is 1.57 bits per heavy atom. The molecule has 12 nitrogen and oxygen atoms in total. The summed E-state index contributed by atoms with van der Waals surface area (Å²) in [5.74, 6) is -0.365. The van der Waals surface area contributed by atoms with Crippen molar-refractivity contribution in [2.45, 2.75) is 20.8 Å². The first-order valence-electron chi connectivity index (χ1n) is 10.5. The first kappa shape index (κ1) is 22.0. The fraction of sp³-hybridized carbons (Fsp3) is 0.130. The Bertz CT molecular complexity index is 1450. The van der Waals surface area contributed by atoms with E-state index in [-0.39, 0.29) is 5.56 Å². The average Bonchev–Trinajstić information content (AvgIpc) is 3.36. The summed E-state index contributed by atoms with van der Waals surface area (Å²) < 4.78 is 0. The number of carbonyl (C=O) groups excluding carboxylic acids is 1. The molecule has 0 N–H and O–H groups in total. The number of amides is 1. The molecule has 0 radical (unpaired) electrons. The average molecular weight is 474 g/mol.